The zero-order valence-electron chi connectivity index (χ0n) is 8.10. The van der Waals surface area contributed by atoms with Crippen LogP contribution in [0.3, 0.4) is 0 Å². The summed E-state index contributed by atoms with van der Waals surface area (Å²) in [6.07, 6.45) is 6.11. The van der Waals surface area contributed by atoms with Gasteiger partial charge >= 0.3 is 0 Å². The normalized spacial score (nSPS) is 14.3. The van der Waals surface area contributed by atoms with Gasteiger partial charge in [-0.2, -0.15) is 0 Å². The maximum atomic E-state index is 11.8. The highest BCUT2D eigenvalue weighted by molar-refractivity contribution is 6.11. The van der Waals surface area contributed by atoms with E-state index in [4.69, 9.17) is 0 Å². The number of ketones is 1. The molecule has 1 aromatic heterocycles. The van der Waals surface area contributed by atoms with E-state index in [9.17, 15) is 4.79 Å². The van der Waals surface area contributed by atoms with E-state index in [1.54, 1.807) is 6.20 Å². The zero-order valence-corrected chi connectivity index (χ0v) is 8.10. The third-order valence-electron chi connectivity index (χ3n) is 2.69. The summed E-state index contributed by atoms with van der Waals surface area (Å²) in [6.45, 7) is 0. The van der Waals surface area contributed by atoms with Gasteiger partial charge in [0.2, 0.25) is 0 Å². The van der Waals surface area contributed by atoms with E-state index in [0.29, 0.717) is 6.42 Å². The highest BCUT2D eigenvalue weighted by Crippen LogP contribution is 2.26. The van der Waals surface area contributed by atoms with Crippen molar-refractivity contribution in [1.29, 1.82) is 0 Å². The lowest BCUT2D eigenvalue weighted by Crippen LogP contribution is -2.05. The van der Waals surface area contributed by atoms with Crippen LogP contribution in [0.4, 0.5) is 0 Å². The monoisotopic (exact) mass is 195 g/mol. The summed E-state index contributed by atoms with van der Waals surface area (Å²) in [5.74, 6) is 0.164. The molecule has 1 heterocycles. The van der Waals surface area contributed by atoms with Crippen molar-refractivity contribution >= 4 is 22.8 Å². The molecule has 72 valence electrons. The quantitative estimate of drug-likeness (QED) is 0.647. The zero-order chi connectivity index (χ0) is 10.3. The number of carbonyl (C=O) groups is 1. The average molecular weight is 195 g/mol. The predicted octanol–water partition coefficient (Wildman–Crippen LogP) is 2.83. The first-order valence-electron chi connectivity index (χ1n) is 4.94. The van der Waals surface area contributed by atoms with Crippen LogP contribution < -0.4 is 0 Å². The number of fused-ring (bicyclic) bond motifs is 3. The lowest BCUT2D eigenvalue weighted by atomic mass is 9.93. The molecule has 1 aliphatic carbocycles. The van der Waals surface area contributed by atoms with E-state index in [1.807, 2.05) is 36.4 Å². The SMILES string of the molecule is O=C1CC=Cc2ccc3cccnc3c21. The summed E-state index contributed by atoms with van der Waals surface area (Å²) in [5.41, 5.74) is 2.58. The molecule has 2 heteroatoms. The summed E-state index contributed by atoms with van der Waals surface area (Å²) >= 11 is 0. The number of hydrogen-bond donors (Lipinski definition) is 0. The largest absolute Gasteiger partial charge is 0.294 e. The van der Waals surface area contributed by atoms with Crippen molar-refractivity contribution in [2.45, 2.75) is 6.42 Å². The van der Waals surface area contributed by atoms with Gasteiger partial charge in [-0.3, -0.25) is 9.78 Å². The summed E-state index contributed by atoms with van der Waals surface area (Å²) in [5, 5.41) is 1.03. The minimum absolute atomic E-state index is 0.164. The van der Waals surface area contributed by atoms with Crippen molar-refractivity contribution in [2.24, 2.45) is 0 Å². The van der Waals surface area contributed by atoms with Crippen LogP contribution in [0.2, 0.25) is 0 Å². The number of Topliss-reactive ketones (excluding diaryl/α,β-unsaturated/α-hetero) is 1. The minimum atomic E-state index is 0.164. The first-order valence-corrected chi connectivity index (χ1v) is 4.94. The van der Waals surface area contributed by atoms with E-state index in [0.717, 1.165) is 22.0 Å². The first-order chi connectivity index (χ1) is 7.36. The molecule has 0 radical (unpaired) electrons. The van der Waals surface area contributed by atoms with Gasteiger partial charge in [0.15, 0.2) is 5.78 Å². The van der Waals surface area contributed by atoms with Crippen LogP contribution >= 0.6 is 0 Å². The molecular formula is C13H9NO. The van der Waals surface area contributed by atoms with Crippen LogP contribution in [0.1, 0.15) is 22.3 Å². The van der Waals surface area contributed by atoms with Gasteiger partial charge in [-0.15, -0.1) is 0 Å². The number of benzene rings is 1. The lowest BCUT2D eigenvalue weighted by molar-refractivity contribution is 0.0996. The fourth-order valence-corrected chi connectivity index (χ4v) is 1.99. The standard InChI is InChI=1S/C13H9NO/c15-11-5-1-3-9-6-7-10-4-2-8-14-13(10)12(9)11/h1-4,6-8H,5H2. The first kappa shape index (κ1) is 8.36. The molecule has 0 amide bonds. The Morgan fingerprint density at radius 2 is 2.13 bits per heavy atom. The maximum Gasteiger partial charge on any atom is 0.169 e. The van der Waals surface area contributed by atoms with Gasteiger partial charge in [0, 0.05) is 18.0 Å². The molecule has 0 spiro atoms. The van der Waals surface area contributed by atoms with Crippen molar-refractivity contribution < 1.29 is 4.79 Å². The number of allylic oxidation sites excluding steroid dienone is 1. The molecule has 15 heavy (non-hydrogen) atoms. The van der Waals surface area contributed by atoms with E-state index < -0.39 is 0 Å². The summed E-state index contributed by atoms with van der Waals surface area (Å²) in [4.78, 5) is 16.1. The third kappa shape index (κ3) is 1.18. The third-order valence-corrected chi connectivity index (χ3v) is 2.69. The Labute approximate surface area is 87.3 Å². The molecule has 0 atom stereocenters. The van der Waals surface area contributed by atoms with Crippen LogP contribution in [0, 0.1) is 0 Å². The molecule has 2 nitrogen and oxygen atoms in total. The summed E-state index contributed by atoms with van der Waals surface area (Å²) in [7, 11) is 0. The smallest absolute Gasteiger partial charge is 0.169 e. The van der Waals surface area contributed by atoms with Crippen molar-refractivity contribution in [1.82, 2.24) is 4.98 Å². The highest BCUT2D eigenvalue weighted by Gasteiger charge is 2.16. The second kappa shape index (κ2) is 3.02. The number of pyridine rings is 1. The lowest BCUT2D eigenvalue weighted by Gasteiger charge is -2.11. The Balaban J connectivity index is 2.47. The topological polar surface area (TPSA) is 30.0 Å². The van der Waals surface area contributed by atoms with Gasteiger partial charge in [0.25, 0.3) is 0 Å². The average Bonchev–Trinajstić information content (AvgIpc) is 2.29. The van der Waals surface area contributed by atoms with Gasteiger partial charge in [0.05, 0.1) is 11.1 Å². The number of aromatic nitrogens is 1. The van der Waals surface area contributed by atoms with Crippen molar-refractivity contribution in [2.75, 3.05) is 0 Å². The fourth-order valence-electron chi connectivity index (χ4n) is 1.99. The molecule has 0 aliphatic heterocycles. The van der Waals surface area contributed by atoms with Gasteiger partial charge in [0.1, 0.15) is 0 Å². The molecule has 0 saturated heterocycles. The highest BCUT2D eigenvalue weighted by atomic mass is 16.1. The molecular weight excluding hydrogens is 186 g/mol. The Morgan fingerprint density at radius 3 is 3.07 bits per heavy atom. The van der Waals surface area contributed by atoms with E-state index in [-0.39, 0.29) is 5.78 Å². The molecule has 0 N–H and O–H groups in total. The number of carbonyl (C=O) groups excluding carboxylic acids is 1. The van der Waals surface area contributed by atoms with E-state index in [1.165, 1.54) is 0 Å². The van der Waals surface area contributed by atoms with Crippen molar-refractivity contribution in [3.63, 3.8) is 0 Å². The van der Waals surface area contributed by atoms with Crippen molar-refractivity contribution in [3.8, 4) is 0 Å². The molecule has 0 fully saturated rings. The van der Waals surface area contributed by atoms with Gasteiger partial charge in [-0.1, -0.05) is 30.4 Å². The molecule has 1 aromatic carbocycles. The van der Waals surface area contributed by atoms with Gasteiger partial charge < -0.3 is 0 Å². The predicted molar refractivity (Wildman–Crippen MR) is 59.7 cm³/mol. The second-order valence-corrected chi connectivity index (χ2v) is 3.63. The molecule has 2 aromatic rings. The van der Waals surface area contributed by atoms with Gasteiger partial charge in [-0.25, -0.2) is 0 Å². The molecule has 0 saturated carbocycles. The molecule has 0 unspecified atom stereocenters. The van der Waals surface area contributed by atoms with E-state index in [2.05, 4.69) is 4.98 Å². The van der Waals surface area contributed by atoms with Gasteiger partial charge in [-0.05, 0) is 11.6 Å². The fraction of sp³-hybridized carbons (Fsp3) is 0.0769. The number of nitrogens with zero attached hydrogens (tertiary/aromatic N) is 1. The summed E-state index contributed by atoms with van der Waals surface area (Å²) in [6, 6.07) is 7.85. The Morgan fingerprint density at radius 1 is 1.20 bits per heavy atom. The molecule has 1 aliphatic rings. The van der Waals surface area contributed by atoms with Crippen molar-refractivity contribution in [3.05, 3.63) is 47.7 Å². The van der Waals surface area contributed by atoms with Crippen LogP contribution in [0.5, 0.6) is 0 Å². The van der Waals surface area contributed by atoms with Crippen LogP contribution in [-0.4, -0.2) is 10.8 Å². The minimum Gasteiger partial charge on any atom is -0.294 e. The Kier molecular flexibility index (Phi) is 1.68. The maximum absolute atomic E-state index is 11.8. The molecule has 3 rings (SSSR count). The van der Waals surface area contributed by atoms with Crippen LogP contribution in [0.15, 0.2) is 36.5 Å². The number of rotatable bonds is 0. The van der Waals surface area contributed by atoms with Crippen LogP contribution in [-0.2, 0) is 0 Å². The summed E-state index contributed by atoms with van der Waals surface area (Å²) < 4.78 is 0. The van der Waals surface area contributed by atoms with Crippen LogP contribution in [0.25, 0.3) is 17.0 Å². The molecule has 0 bridgehead atoms. The second-order valence-electron chi connectivity index (χ2n) is 3.63. The number of hydrogen-bond acceptors (Lipinski definition) is 2. The Hall–Kier alpha value is -1.96. The van der Waals surface area contributed by atoms with E-state index >= 15 is 0 Å². The Bertz CT molecular complexity index is 584.